The number of alkyl halides is 4. The monoisotopic (exact) mass is 300 g/mol. The minimum atomic E-state index is -3.76. The van der Waals surface area contributed by atoms with E-state index < -0.39 is 15.0 Å². The fourth-order valence-electron chi connectivity index (χ4n) is 0.251. The molecule has 0 aliphatic rings. The summed E-state index contributed by atoms with van der Waals surface area (Å²) in [5, 5.41) is 5.36. The Morgan fingerprint density at radius 3 is 2.18 bits per heavy atom. The van der Waals surface area contributed by atoms with E-state index in [0.717, 1.165) is 7.11 Å². The molecule has 0 rings (SSSR count). The predicted molar refractivity (Wildman–Crippen MR) is 41.8 cm³/mol. The smallest absolute Gasteiger partial charge is 0.361 e. The van der Waals surface area contributed by atoms with Crippen LogP contribution in [0.25, 0.3) is 0 Å². The Hall–Kier alpha value is 0.310. The van der Waals surface area contributed by atoms with Crippen LogP contribution in [-0.2, 0) is 9.53 Å². The topological polar surface area (TPSA) is 46.5 Å². The molecule has 0 radical (unpaired) electrons. The second-order valence-corrected chi connectivity index (χ2v) is 3.51. The molecule has 0 fully saturated rings. The quantitative estimate of drug-likeness (QED) is 0.472. The summed E-state index contributed by atoms with van der Waals surface area (Å²) >= 11 is 5.33. The van der Waals surface area contributed by atoms with Crippen LogP contribution >= 0.6 is 34.2 Å². The highest BCUT2D eigenvalue weighted by atomic mass is 127. The largest absolute Gasteiger partial charge is 0.466 e. The highest BCUT2D eigenvalue weighted by molar-refractivity contribution is 14.1. The molecule has 7 heteroatoms. The molecular formula is C4H4ClF2IO3. The Morgan fingerprint density at radius 1 is 1.73 bits per heavy atom. The molecule has 11 heavy (non-hydrogen) atoms. The van der Waals surface area contributed by atoms with Gasteiger partial charge in [0.1, 0.15) is 0 Å². The summed E-state index contributed by atoms with van der Waals surface area (Å²) < 4.78 is 24.6. The van der Waals surface area contributed by atoms with Crippen LogP contribution in [0.15, 0.2) is 0 Å². The van der Waals surface area contributed by atoms with Crippen molar-refractivity contribution in [1.29, 1.82) is 0 Å². The summed E-state index contributed by atoms with van der Waals surface area (Å²) in [6.45, 7) is 0. The maximum absolute atomic E-state index is 12.2. The minimum absolute atomic E-state index is 0.542. The van der Waals surface area contributed by atoms with Crippen molar-refractivity contribution < 1.29 is 23.4 Å². The molecule has 0 aromatic rings. The third kappa shape index (κ3) is 2.38. The summed E-state index contributed by atoms with van der Waals surface area (Å²) in [7, 11) is 0.845. The van der Waals surface area contributed by atoms with E-state index >= 15 is 0 Å². The number of aliphatic hydroxyl groups is 1. The number of ether oxygens (including phenoxy) is 1. The van der Waals surface area contributed by atoms with Gasteiger partial charge in [-0.05, 0) is 0 Å². The first-order valence-corrected chi connectivity index (χ1v) is 3.75. The van der Waals surface area contributed by atoms with E-state index in [1.807, 2.05) is 0 Å². The Morgan fingerprint density at radius 2 is 2.09 bits per heavy atom. The molecular weight excluding hydrogens is 296 g/mol. The lowest BCUT2D eigenvalue weighted by atomic mass is 10.4. The van der Waals surface area contributed by atoms with Gasteiger partial charge < -0.3 is 9.84 Å². The Balaban J connectivity index is 4.59. The SMILES string of the molecule is COC(=O)C(O)(Cl)C(F)(F)I. The van der Waals surface area contributed by atoms with Gasteiger partial charge in [-0.15, -0.1) is 0 Å². The van der Waals surface area contributed by atoms with Gasteiger partial charge in [-0.25, -0.2) is 4.79 Å². The van der Waals surface area contributed by atoms with Crippen LogP contribution < -0.4 is 0 Å². The van der Waals surface area contributed by atoms with Crippen LogP contribution in [-0.4, -0.2) is 27.2 Å². The number of methoxy groups -OCH3 is 1. The number of halogens is 4. The van der Waals surface area contributed by atoms with Crippen LogP contribution in [0.2, 0.25) is 0 Å². The van der Waals surface area contributed by atoms with Crippen molar-refractivity contribution in [2.75, 3.05) is 7.11 Å². The molecule has 1 atom stereocenters. The number of hydrogen-bond acceptors (Lipinski definition) is 3. The first-order valence-electron chi connectivity index (χ1n) is 2.30. The van der Waals surface area contributed by atoms with Crippen molar-refractivity contribution >= 4 is 40.2 Å². The lowest BCUT2D eigenvalue weighted by molar-refractivity contribution is -0.166. The van der Waals surface area contributed by atoms with Crippen molar-refractivity contribution in [2.45, 2.75) is 8.99 Å². The summed E-state index contributed by atoms with van der Waals surface area (Å²) in [5.41, 5.74) is 0. The summed E-state index contributed by atoms with van der Waals surface area (Å²) in [6.07, 6.45) is 0. The Labute approximate surface area is 79.8 Å². The Kier molecular flexibility index (Phi) is 3.45. The average molecular weight is 300 g/mol. The van der Waals surface area contributed by atoms with E-state index in [9.17, 15) is 13.6 Å². The van der Waals surface area contributed by atoms with Crippen LogP contribution in [0.3, 0.4) is 0 Å². The first-order chi connectivity index (χ1) is 4.73. The molecule has 0 aliphatic carbocycles. The van der Waals surface area contributed by atoms with Gasteiger partial charge in [0.05, 0.1) is 7.11 Å². The van der Waals surface area contributed by atoms with Gasteiger partial charge in [0, 0.05) is 22.6 Å². The van der Waals surface area contributed by atoms with E-state index in [-0.39, 0.29) is 0 Å². The van der Waals surface area contributed by atoms with Gasteiger partial charge >= 0.3 is 15.0 Å². The maximum atomic E-state index is 12.2. The summed E-state index contributed by atoms with van der Waals surface area (Å²) in [5.74, 6) is -1.58. The first kappa shape index (κ1) is 11.3. The zero-order chi connectivity index (χ0) is 9.28. The van der Waals surface area contributed by atoms with Crippen molar-refractivity contribution in [3.05, 3.63) is 0 Å². The summed E-state index contributed by atoms with van der Waals surface area (Å²) in [6, 6.07) is 0. The molecule has 0 bridgehead atoms. The lowest BCUT2D eigenvalue weighted by Crippen LogP contribution is -2.46. The van der Waals surface area contributed by atoms with Gasteiger partial charge in [-0.3, -0.25) is 0 Å². The Bertz CT molecular complexity index is 167. The number of hydrogen-bond donors (Lipinski definition) is 1. The van der Waals surface area contributed by atoms with E-state index in [1.165, 1.54) is 0 Å². The van der Waals surface area contributed by atoms with Crippen LogP contribution in [0.5, 0.6) is 0 Å². The van der Waals surface area contributed by atoms with E-state index in [1.54, 1.807) is 0 Å². The molecule has 0 saturated heterocycles. The van der Waals surface area contributed by atoms with Gasteiger partial charge in [0.15, 0.2) is 0 Å². The second kappa shape index (κ2) is 3.36. The molecule has 0 heterocycles. The van der Waals surface area contributed by atoms with Crippen LogP contribution in [0.4, 0.5) is 8.78 Å². The van der Waals surface area contributed by atoms with Crippen LogP contribution in [0, 0.1) is 0 Å². The van der Waals surface area contributed by atoms with Crippen LogP contribution in [0.1, 0.15) is 0 Å². The molecule has 0 spiro atoms. The maximum Gasteiger partial charge on any atom is 0.361 e. The predicted octanol–water partition coefficient (Wildman–Crippen LogP) is 1.11. The van der Waals surface area contributed by atoms with E-state index in [4.69, 9.17) is 16.7 Å². The van der Waals surface area contributed by atoms with Gasteiger partial charge in [0.2, 0.25) is 0 Å². The highest BCUT2D eigenvalue weighted by Crippen LogP contribution is 2.39. The van der Waals surface area contributed by atoms with Gasteiger partial charge in [-0.2, -0.15) is 8.78 Å². The average Bonchev–Trinajstić information content (AvgIpc) is 1.83. The second-order valence-electron chi connectivity index (χ2n) is 1.61. The highest BCUT2D eigenvalue weighted by Gasteiger charge is 2.56. The van der Waals surface area contributed by atoms with Crippen molar-refractivity contribution in [3.63, 3.8) is 0 Å². The zero-order valence-corrected chi connectivity index (χ0v) is 8.19. The number of carbonyl (C=O) groups excluding carboxylic acids is 1. The molecule has 1 unspecified atom stereocenters. The van der Waals surface area contributed by atoms with Gasteiger partial charge in [0.25, 0.3) is 0 Å². The van der Waals surface area contributed by atoms with Gasteiger partial charge in [-0.1, -0.05) is 11.6 Å². The zero-order valence-electron chi connectivity index (χ0n) is 5.28. The van der Waals surface area contributed by atoms with Crippen molar-refractivity contribution in [3.8, 4) is 0 Å². The fourth-order valence-corrected chi connectivity index (χ4v) is 0.548. The van der Waals surface area contributed by atoms with Crippen molar-refractivity contribution in [2.24, 2.45) is 0 Å². The standard InChI is InChI=1S/C4H4ClF2IO3/c1-11-2(9)3(5,10)4(6,7)8/h10H,1H3. The molecule has 1 N–H and O–H groups in total. The molecule has 0 amide bonds. The number of rotatable bonds is 2. The molecule has 66 valence electrons. The molecule has 0 saturated carbocycles. The minimum Gasteiger partial charge on any atom is -0.466 e. The molecule has 0 aromatic heterocycles. The summed E-state index contributed by atoms with van der Waals surface area (Å²) in [4.78, 5) is 10.4. The fraction of sp³-hybridized carbons (Fsp3) is 0.750. The molecule has 0 aliphatic heterocycles. The lowest BCUT2D eigenvalue weighted by Gasteiger charge is -2.22. The molecule has 3 nitrogen and oxygen atoms in total. The number of carbonyl (C=O) groups is 1. The van der Waals surface area contributed by atoms with Crippen molar-refractivity contribution in [1.82, 2.24) is 0 Å². The number of esters is 1. The third-order valence-electron chi connectivity index (χ3n) is 0.832. The third-order valence-corrected chi connectivity index (χ3v) is 2.32. The molecule has 0 aromatic carbocycles. The van der Waals surface area contributed by atoms with E-state index in [2.05, 4.69) is 4.74 Å². The van der Waals surface area contributed by atoms with E-state index in [0.29, 0.717) is 22.6 Å². The normalized spacial score (nSPS) is 17.3.